The van der Waals surface area contributed by atoms with Gasteiger partial charge >= 0.3 is 0 Å². The van der Waals surface area contributed by atoms with Crippen molar-refractivity contribution in [1.29, 1.82) is 0 Å². The Morgan fingerprint density at radius 3 is 2.67 bits per heavy atom. The van der Waals surface area contributed by atoms with Crippen molar-refractivity contribution in [2.75, 3.05) is 13.2 Å². The normalized spacial score (nSPS) is 12.2. The van der Waals surface area contributed by atoms with E-state index >= 15 is 0 Å². The molecule has 2 rings (SSSR count). The molecule has 112 valence electrons. The minimum atomic E-state index is -0.290. The first kappa shape index (κ1) is 15.8. The fourth-order valence-corrected chi connectivity index (χ4v) is 2.58. The monoisotopic (exact) mass is 307 g/mol. The van der Waals surface area contributed by atoms with Gasteiger partial charge in [0, 0.05) is 16.5 Å². The van der Waals surface area contributed by atoms with Gasteiger partial charge in [-0.2, -0.15) is 0 Å². The summed E-state index contributed by atoms with van der Waals surface area (Å²) in [6.45, 7) is 2.96. The average molecular weight is 308 g/mol. The minimum absolute atomic E-state index is 0.000180. The van der Waals surface area contributed by atoms with E-state index < -0.39 is 0 Å². The number of benzene rings is 2. The lowest BCUT2D eigenvalue weighted by Gasteiger charge is -2.17. The van der Waals surface area contributed by atoms with E-state index in [0.29, 0.717) is 30.2 Å². The van der Waals surface area contributed by atoms with E-state index in [2.05, 4.69) is 0 Å². The molecule has 4 heteroatoms. The van der Waals surface area contributed by atoms with Gasteiger partial charge in [-0.25, -0.2) is 4.39 Å². The first-order valence-corrected chi connectivity index (χ1v) is 7.39. The molecule has 0 saturated carbocycles. The molecule has 0 spiro atoms. The van der Waals surface area contributed by atoms with E-state index in [4.69, 9.17) is 22.1 Å². The van der Waals surface area contributed by atoms with Crippen molar-refractivity contribution < 1.29 is 9.13 Å². The van der Waals surface area contributed by atoms with Crippen molar-refractivity contribution in [3.8, 4) is 5.75 Å². The largest absolute Gasteiger partial charge is 0.494 e. The molecule has 1 atom stereocenters. The smallest absolute Gasteiger partial charge is 0.127 e. The van der Waals surface area contributed by atoms with Crippen LogP contribution >= 0.6 is 11.6 Å². The molecule has 2 nitrogen and oxygen atoms in total. The average Bonchev–Trinajstić information content (AvgIpc) is 2.48. The Labute approximate surface area is 129 Å². The molecular formula is C17H19ClFNO. The van der Waals surface area contributed by atoms with Crippen LogP contribution in [0.5, 0.6) is 5.75 Å². The Hall–Kier alpha value is -1.58. The summed E-state index contributed by atoms with van der Waals surface area (Å²) < 4.78 is 19.4. The molecule has 0 fully saturated rings. The van der Waals surface area contributed by atoms with Gasteiger partial charge in [0.2, 0.25) is 0 Å². The van der Waals surface area contributed by atoms with Gasteiger partial charge in [0.15, 0.2) is 0 Å². The molecule has 0 radical (unpaired) electrons. The highest BCUT2D eigenvalue weighted by Gasteiger charge is 2.16. The predicted octanol–water partition coefficient (Wildman–Crippen LogP) is 4.16. The number of nitrogens with two attached hydrogens (primary N) is 1. The Bertz CT molecular complexity index is 583. The van der Waals surface area contributed by atoms with E-state index in [-0.39, 0.29) is 11.7 Å². The summed E-state index contributed by atoms with van der Waals surface area (Å²) in [6, 6.07) is 12.5. The van der Waals surface area contributed by atoms with Crippen molar-refractivity contribution in [1.82, 2.24) is 0 Å². The second kappa shape index (κ2) is 7.43. The van der Waals surface area contributed by atoms with E-state index in [1.807, 2.05) is 31.2 Å². The third kappa shape index (κ3) is 3.96. The number of ether oxygens (including phenoxy) is 1. The lowest BCUT2D eigenvalue weighted by molar-refractivity contribution is 0.339. The highest BCUT2D eigenvalue weighted by atomic mass is 35.5. The zero-order valence-electron chi connectivity index (χ0n) is 12.0. The molecule has 0 saturated heterocycles. The summed E-state index contributed by atoms with van der Waals surface area (Å²) in [5.41, 5.74) is 7.41. The molecule has 0 heterocycles. The molecule has 0 amide bonds. The molecule has 0 aliphatic carbocycles. The van der Waals surface area contributed by atoms with Crippen molar-refractivity contribution >= 4 is 11.6 Å². The summed E-state index contributed by atoms with van der Waals surface area (Å²) in [7, 11) is 0. The lowest BCUT2D eigenvalue weighted by Crippen LogP contribution is -2.16. The fourth-order valence-electron chi connectivity index (χ4n) is 2.34. The highest BCUT2D eigenvalue weighted by Crippen LogP contribution is 2.28. The summed E-state index contributed by atoms with van der Waals surface area (Å²) in [6.07, 6.45) is 0.470. The van der Waals surface area contributed by atoms with Gasteiger partial charge in [-0.15, -0.1) is 0 Å². The maximum atomic E-state index is 13.9. The van der Waals surface area contributed by atoms with Gasteiger partial charge in [-0.3, -0.25) is 0 Å². The second-order valence-corrected chi connectivity index (χ2v) is 5.25. The molecule has 2 aromatic carbocycles. The molecule has 2 N–H and O–H groups in total. The number of rotatable bonds is 6. The van der Waals surface area contributed by atoms with Crippen LogP contribution in [0.2, 0.25) is 5.02 Å². The number of hydrogen-bond acceptors (Lipinski definition) is 2. The fraction of sp³-hybridized carbons (Fsp3) is 0.294. The number of halogens is 2. The predicted molar refractivity (Wildman–Crippen MR) is 84.5 cm³/mol. The van der Waals surface area contributed by atoms with Crippen molar-refractivity contribution in [2.45, 2.75) is 19.3 Å². The molecule has 0 bridgehead atoms. The molecule has 0 aliphatic rings. The van der Waals surface area contributed by atoms with E-state index in [0.717, 1.165) is 11.3 Å². The van der Waals surface area contributed by atoms with Crippen LogP contribution in [0, 0.1) is 5.82 Å². The number of hydrogen-bond donors (Lipinski definition) is 1. The zero-order chi connectivity index (χ0) is 15.2. The van der Waals surface area contributed by atoms with Gasteiger partial charge in [0.05, 0.1) is 6.61 Å². The van der Waals surface area contributed by atoms with Crippen LogP contribution < -0.4 is 10.5 Å². The Kier molecular flexibility index (Phi) is 5.59. The van der Waals surface area contributed by atoms with Gasteiger partial charge in [0.1, 0.15) is 11.6 Å². The Morgan fingerprint density at radius 2 is 2.00 bits per heavy atom. The van der Waals surface area contributed by atoms with Crippen molar-refractivity contribution in [2.24, 2.45) is 5.73 Å². The standard InChI is InChI=1S/C17H19ClFNO/c1-2-21-14-6-3-5-12(9-14)13(11-20)10-15-16(18)7-4-8-17(15)19/h3-9,13H,2,10-11,20H2,1H3. The first-order valence-electron chi connectivity index (χ1n) is 7.01. The van der Waals surface area contributed by atoms with Gasteiger partial charge in [-0.1, -0.05) is 29.8 Å². The van der Waals surface area contributed by atoms with Gasteiger partial charge in [0.25, 0.3) is 0 Å². The van der Waals surface area contributed by atoms with Gasteiger partial charge in [-0.05, 0) is 49.7 Å². The van der Waals surface area contributed by atoms with Gasteiger partial charge < -0.3 is 10.5 Å². The Balaban J connectivity index is 2.26. The van der Waals surface area contributed by atoms with Crippen LogP contribution in [0.4, 0.5) is 4.39 Å². The molecule has 1 unspecified atom stereocenters. The Morgan fingerprint density at radius 1 is 1.24 bits per heavy atom. The third-order valence-corrected chi connectivity index (χ3v) is 3.79. The summed E-state index contributed by atoms with van der Waals surface area (Å²) in [4.78, 5) is 0. The SMILES string of the molecule is CCOc1cccc(C(CN)Cc2c(F)cccc2Cl)c1. The minimum Gasteiger partial charge on any atom is -0.494 e. The first-order chi connectivity index (χ1) is 10.2. The molecule has 21 heavy (non-hydrogen) atoms. The van der Waals surface area contributed by atoms with Crippen LogP contribution in [0.15, 0.2) is 42.5 Å². The van der Waals surface area contributed by atoms with E-state index in [1.54, 1.807) is 12.1 Å². The van der Waals surface area contributed by atoms with E-state index in [9.17, 15) is 4.39 Å². The van der Waals surface area contributed by atoms with Crippen LogP contribution in [-0.2, 0) is 6.42 Å². The summed E-state index contributed by atoms with van der Waals surface area (Å²) >= 11 is 6.09. The molecule has 0 aromatic heterocycles. The van der Waals surface area contributed by atoms with Crippen molar-refractivity contribution in [3.05, 3.63) is 64.4 Å². The zero-order valence-corrected chi connectivity index (χ0v) is 12.7. The third-order valence-electron chi connectivity index (χ3n) is 3.44. The lowest BCUT2D eigenvalue weighted by atomic mass is 9.91. The topological polar surface area (TPSA) is 35.2 Å². The van der Waals surface area contributed by atoms with Crippen LogP contribution in [-0.4, -0.2) is 13.2 Å². The van der Waals surface area contributed by atoms with Crippen LogP contribution in [0.25, 0.3) is 0 Å². The molecule has 2 aromatic rings. The maximum Gasteiger partial charge on any atom is 0.127 e. The summed E-state index contributed by atoms with van der Waals surface area (Å²) in [5.74, 6) is 0.509. The van der Waals surface area contributed by atoms with Crippen molar-refractivity contribution in [3.63, 3.8) is 0 Å². The van der Waals surface area contributed by atoms with Crippen LogP contribution in [0.1, 0.15) is 24.0 Å². The second-order valence-electron chi connectivity index (χ2n) is 4.84. The quantitative estimate of drug-likeness (QED) is 0.869. The molecule has 0 aliphatic heterocycles. The molecular weight excluding hydrogens is 289 g/mol. The maximum absolute atomic E-state index is 13.9. The highest BCUT2D eigenvalue weighted by molar-refractivity contribution is 6.31. The van der Waals surface area contributed by atoms with Crippen LogP contribution in [0.3, 0.4) is 0 Å². The van der Waals surface area contributed by atoms with E-state index in [1.165, 1.54) is 6.07 Å². The summed E-state index contributed by atoms with van der Waals surface area (Å²) in [5, 5.41) is 0.439.